The molecule has 0 radical (unpaired) electrons. The normalized spacial score (nSPS) is 34.2. The van der Waals surface area contributed by atoms with Crippen molar-refractivity contribution in [3.8, 4) is 0 Å². The van der Waals surface area contributed by atoms with Gasteiger partial charge in [0, 0.05) is 12.5 Å². The third-order valence-corrected chi connectivity index (χ3v) is 4.48. The fourth-order valence-electron chi connectivity index (χ4n) is 3.70. The Labute approximate surface area is 111 Å². The van der Waals surface area contributed by atoms with E-state index in [-0.39, 0.29) is 5.91 Å². The molecule has 3 nitrogen and oxygen atoms in total. The van der Waals surface area contributed by atoms with Gasteiger partial charge in [0.25, 0.3) is 0 Å². The van der Waals surface area contributed by atoms with Gasteiger partial charge < -0.3 is 10.6 Å². The second kappa shape index (κ2) is 6.55. The van der Waals surface area contributed by atoms with Gasteiger partial charge in [0.1, 0.15) is 0 Å². The SMILES string of the molecule is CC1CC(C)CC(NC(=O)CC2CCNCC2)C1. The molecule has 0 spiro atoms. The summed E-state index contributed by atoms with van der Waals surface area (Å²) < 4.78 is 0. The lowest BCUT2D eigenvalue weighted by Gasteiger charge is -2.32. The fourth-order valence-corrected chi connectivity index (χ4v) is 3.70. The summed E-state index contributed by atoms with van der Waals surface area (Å²) in [5.41, 5.74) is 0. The first kappa shape index (κ1) is 13.9. The minimum atomic E-state index is 0.285. The Morgan fingerprint density at radius 1 is 1.11 bits per heavy atom. The fraction of sp³-hybridized carbons (Fsp3) is 0.933. The first-order valence-corrected chi connectivity index (χ1v) is 7.63. The lowest BCUT2D eigenvalue weighted by atomic mass is 9.80. The third kappa shape index (κ3) is 4.27. The summed E-state index contributed by atoms with van der Waals surface area (Å²) in [5, 5.41) is 6.62. The van der Waals surface area contributed by atoms with Crippen molar-refractivity contribution in [2.45, 2.75) is 58.4 Å². The molecule has 2 rings (SSSR count). The van der Waals surface area contributed by atoms with Crippen LogP contribution in [0.1, 0.15) is 52.4 Å². The smallest absolute Gasteiger partial charge is 0.220 e. The summed E-state index contributed by atoms with van der Waals surface area (Å²) in [5.74, 6) is 2.41. The Morgan fingerprint density at radius 2 is 1.72 bits per heavy atom. The molecule has 1 saturated heterocycles. The van der Waals surface area contributed by atoms with E-state index in [1.807, 2.05) is 0 Å². The Bertz CT molecular complexity index is 264. The number of piperidine rings is 1. The summed E-state index contributed by atoms with van der Waals surface area (Å²) in [6.45, 7) is 6.77. The molecule has 104 valence electrons. The van der Waals surface area contributed by atoms with E-state index in [1.54, 1.807) is 0 Å². The van der Waals surface area contributed by atoms with Crippen molar-refractivity contribution < 1.29 is 4.79 Å². The van der Waals surface area contributed by atoms with Gasteiger partial charge in [0.05, 0.1) is 0 Å². The Balaban J connectivity index is 1.72. The average molecular weight is 252 g/mol. The molecular formula is C15H28N2O. The van der Waals surface area contributed by atoms with Crippen molar-refractivity contribution >= 4 is 5.91 Å². The highest BCUT2D eigenvalue weighted by Crippen LogP contribution is 2.28. The molecule has 2 fully saturated rings. The van der Waals surface area contributed by atoms with Crippen LogP contribution in [0.25, 0.3) is 0 Å². The molecule has 1 heterocycles. The summed E-state index contributed by atoms with van der Waals surface area (Å²) >= 11 is 0. The Kier molecular flexibility index (Phi) is 5.04. The lowest BCUT2D eigenvalue weighted by Crippen LogP contribution is -2.41. The first-order valence-electron chi connectivity index (χ1n) is 7.63. The Morgan fingerprint density at radius 3 is 2.33 bits per heavy atom. The maximum atomic E-state index is 12.1. The van der Waals surface area contributed by atoms with Crippen molar-refractivity contribution in [2.75, 3.05) is 13.1 Å². The lowest BCUT2D eigenvalue weighted by molar-refractivity contribution is -0.123. The van der Waals surface area contributed by atoms with E-state index in [4.69, 9.17) is 0 Å². The van der Waals surface area contributed by atoms with Crippen LogP contribution in [0.3, 0.4) is 0 Å². The quantitative estimate of drug-likeness (QED) is 0.809. The topological polar surface area (TPSA) is 41.1 Å². The molecule has 3 heteroatoms. The summed E-state index contributed by atoms with van der Waals surface area (Å²) in [4.78, 5) is 12.1. The molecule has 1 amide bonds. The average Bonchev–Trinajstić information content (AvgIpc) is 2.28. The molecule has 1 aliphatic carbocycles. The van der Waals surface area contributed by atoms with Gasteiger partial charge in [-0.15, -0.1) is 0 Å². The minimum Gasteiger partial charge on any atom is -0.353 e. The molecule has 0 aromatic heterocycles. The minimum absolute atomic E-state index is 0.285. The van der Waals surface area contributed by atoms with Crippen LogP contribution in [0.4, 0.5) is 0 Å². The molecule has 18 heavy (non-hydrogen) atoms. The van der Waals surface area contributed by atoms with E-state index in [1.165, 1.54) is 19.3 Å². The zero-order chi connectivity index (χ0) is 13.0. The second-order valence-electron chi connectivity index (χ2n) is 6.58. The van der Waals surface area contributed by atoms with E-state index < -0.39 is 0 Å². The molecule has 0 aromatic rings. The van der Waals surface area contributed by atoms with Crippen molar-refractivity contribution in [2.24, 2.45) is 17.8 Å². The Hall–Kier alpha value is -0.570. The van der Waals surface area contributed by atoms with Crippen LogP contribution in [0.5, 0.6) is 0 Å². The van der Waals surface area contributed by atoms with Gasteiger partial charge in [0.2, 0.25) is 5.91 Å². The van der Waals surface area contributed by atoms with Crippen LogP contribution >= 0.6 is 0 Å². The monoisotopic (exact) mass is 252 g/mol. The number of rotatable bonds is 3. The van der Waals surface area contributed by atoms with Gasteiger partial charge in [0.15, 0.2) is 0 Å². The third-order valence-electron chi connectivity index (χ3n) is 4.48. The number of amides is 1. The van der Waals surface area contributed by atoms with Gasteiger partial charge in [-0.05, 0) is 62.9 Å². The largest absolute Gasteiger partial charge is 0.353 e. The molecule has 2 N–H and O–H groups in total. The highest BCUT2D eigenvalue weighted by Gasteiger charge is 2.26. The zero-order valence-electron chi connectivity index (χ0n) is 11.9. The first-order chi connectivity index (χ1) is 8.63. The van der Waals surface area contributed by atoms with Crippen LogP contribution in [-0.2, 0) is 4.79 Å². The van der Waals surface area contributed by atoms with Crippen LogP contribution < -0.4 is 10.6 Å². The van der Waals surface area contributed by atoms with Crippen molar-refractivity contribution in [3.05, 3.63) is 0 Å². The van der Waals surface area contributed by atoms with E-state index in [2.05, 4.69) is 24.5 Å². The second-order valence-corrected chi connectivity index (χ2v) is 6.58. The van der Waals surface area contributed by atoms with Crippen molar-refractivity contribution in [3.63, 3.8) is 0 Å². The van der Waals surface area contributed by atoms with Gasteiger partial charge in [-0.2, -0.15) is 0 Å². The molecular weight excluding hydrogens is 224 g/mol. The van der Waals surface area contributed by atoms with Crippen LogP contribution in [-0.4, -0.2) is 25.0 Å². The maximum Gasteiger partial charge on any atom is 0.220 e. The van der Waals surface area contributed by atoms with Crippen molar-refractivity contribution in [1.29, 1.82) is 0 Å². The summed E-state index contributed by atoms with van der Waals surface area (Å²) in [6.07, 6.45) is 6.71. The molecule has 2 aliphatic rings. The van der Waals surface area contributed by atoms with Gasteiger partial charge in [-0.1, -0.05) is 13.8 Å². The van der Waals surface area contributed by atoms with Gasteiger partial charge in [-0.3, -0.25) is 4.79 Å². The van der Waals surface area contributed by atoms with E-state index in [0.29, 0.717) is 12.0 Å². The number of nitrogens with one attached hydrogen (secondary N) is 2. The zero-order valence-corrected chi connectivity index (χ0v) is 11.9. The van der Waals surface area contributed by atoms with Crippen LogP contribution in [0.15, 0.2) is 0 Å². The van der Waals surface area contributed by atoms with E-state index >= 15 is 0 Å². The maximum absolute atomic E-state index is 12.1. The number of hydrogen-bond donors (Lipinski definition) is 2. The highest BCUT2D eigenvalue weighted by atomic mass is 16.1. The molecule has 1 saturated carbocycles. The van der Waals surface area contributed by atoms with Gasteiger partial charge in [-0.25, -0.2) is 0 Å². The van der Waals surface area contributed by atoms with Crippen molar-refractivity contribution in [1.82, 2.24) is 10.6 Å². The van der Waals surface area contributed by atoms with E-state index in [0.717, 1.165) is 44.2 Å². The molecule has 2 unspecified atom stereocenters. The molecule has 1 aliphatic heterocycles. The molecule has 0 aromatic carbocycles. The number of hydrogen-bond acceptors (Lipinski definition) is 2. The highest BCUT2D eigenvalue weighted by molar-refractivity contribution is 5.76. The standard InChI is InChI=1S/C15H28N2O/c1-11-7-12(2)9-14(8-11)17-15(18)10-13-3-5-16-6-4-13/h11-14,16H,3-10H2,1-2H3,(H,17,18). The summed E-state index contributed by atoms with van der Waals surface area (Å²) in [7, 11) is 0. The van der Waals surface area contributed by atoms with Gasteiger partial charge >= 0.3 is 0 Å². The predicted molar refractivity (Wildman–Crippen MR) is 74.3 cm³/mol. The van der Waals surface area contributed by atoms with Crippen LogP contribution in [0.2, 0.25) is 0 Å². The number of carbonyl (C=O) groups is 1. The van der Waals surface area contributed by atoms with E-state index in [9.17, 15) is 4.79 Å². The molecule has 0 bridgehead atoms. The predicted octanol–water partition coefficient (Wildman–Crippen LogP) is 2.32. The van der Waals surface area contributed by atoms with Crippen LogP contribution in [0, 0.1) is 17.8 Å². The summed E-state index contributed by atoms with van der Waals surface area (Å²) in [6, 6.07) is 0.429. The molecule has 2 atom stereocenters. The number of carbonyl (C=O) groups excluding carboxylic acids is 1.